The normalized spacial score (nSPS) is 20.8. The van der Waals surface area contributed by atoms with Crippen molar-refractivity contribution in [3.8, 4) is 0 Å². The highest BCUT2D eigenvalue weighted by molar-refractivity contribution is 8.76. The molecule has 0 N–H and O–H groups in total. The first-order valence-electron chi connectivity index (χ1n) is 9.11. The number of rotatable bonds is 5. The lowest BCUT2D eigenvalue weighted by Gasteiger charge is -2.15. The lowest BCUT2D eigenvalue weighted by atomic mass is 10.0. The number of benzene rings is 2. The van der Waals surface area contributed by atoms with Crippen molar-refractivity contribution in [1.29, 1.82) is 0 Å². The first kappa shape index (κ1) is 18.4. The van der Waals surface area contributed by atoms with Crippen LogP contribution >= 0.6 is 21.6 Å². The molecule has 0 aliphatic carbocycles. The Morgan fingerprint density at radius 3 is 2.00 bits per heavy atom. The number of aryl methyl sites for hydroxylation is 2. The van der Waals surface area contributed by atoms with Gasteiger partial charge in [0.25, 0.3) is 0 Å². The standard InChI is InChI=1S/C21H24O3S2/c1-14-5-7-16(12-18(14)20-4-3-9-22-20)25-26-17-8-6-15(2)19(13-17)21-23-10-11-24-21/h5-8,12-13,20-21H,3-4,9-11H2,1-2H3. The first-order valence-corrected chi connectivity index (χ1v) is 11.3. The highest BCUT2D eigenvalue weighted by atomic mass is 33.1. The molecule has 0 spiro atoms. The molecule has 138 valence electrons. The summed E-state index contributed by atoms with van der Waals surface area (Å²) in [7, 11) is 3.57. The van der Waals surface area contributed by atoms with Crippen LogP contribution in [-0.2, 0) is 14.2 Å². The van der Waals surface area contributed by atoms with Gasteiger partial charge in [0.05, 0.1) is 19.3 Å². The average Bonchev–Trinajstić information content (AvgIpc) is 3.36. The maximum atomic E-state index is 5.88. The van der Waals surface area contributed by atoms with Gasteiger partial charge in [0.1, 0.15) is 0 Å². The van der Waals surface area contributed by atoms with Gasteiger partial charge in [0, 0.05) is 22.0 Å². The third kappa shape index (κ3) is 4.12. The van der Waals surface area contributed by atoms with Crippen LogP contribution in [0.4, 0.5) is 0 Å². The van der Waals surface area contributed by atoms with Crippen molar-refractivity contribution < 1.29 is 14.2 Å². The lowest BCUT2D eigenvalue weighted by Crippen LogP contribution is -2.00. The van der Waals surface area contributed by atoms with Crippen LogP contribution in [0.5, 0.6) is 0 Å². The van der Waals surface area contributed by atoms with Crippen molar-refractivity contribution in [1.82, 2.24) is 0 Å². The summed E-state index contributed by atoms with van der Waals surface area (Å²) in [5.41, 5.74) is 5.00. The van der Waals surface area contributed by atoms with Crippen molar-refractivity contribution in [2.75, 3.05) is 19.8 Å². The van der Waals surface area contributed by atoms with E-state index in [0.29, 0.717) is 13.2 Å². The highest BCUT2D eigenvalue weighted by Gasteiger charge is 2.21. The molecule has 1 atom stereocenters. The molecule has 1 unspecified atom stereocenters. The lowest BCUT2D eigenvalue weighted by molar-refractivity contribution is -0.0446. The van der Waals surface area contributed by atoms with E-state index in [4.69, 9.17) is 14.2 Å². The second kappa shape index (κ2) is 8.36. The van der Waals surface area contributed by atoms with Gasteiger partial charge in [-0.15, -0.1) is 0 Å². The van der Waals surface area contributed by atoms with Crippen molar-refractivity contribution in [3.63, 3.8) is 0 Å². The summed E-state index contributed by atoms with van der Waals surface area (Å²) in [5, 5.41) is 0. The summed E-state index contributed by atoms with van der Waals surface area (Å²) in [4.78, 5) is 2.48. The van der Waals surface area contributed by atoms with Gasteiger partial charge in [-0.2, -0.15) is 0 Å². The Balaban J connectivity index is 1.47. The van der Waals surface area contributed by atoms with E-state index in [1.165, 1.54) is 26.5 Å². The molecule has 3 nitrogen and oxygen atoms in total. The zero-order chi connectivity index (χ0) is 17.9. The summed E-state index contributed by atoms with van der Waals surface area (Å²) >= 11 is 0. The smallest absolute Gasteiger partial charge is 0.184 e. The van der Waals surface area contributed by atoms with E-state index in [9.17, 15) is 0 Å². The van der Waals surface area contributed by atoms with E-state index in [2.05, 4.69) is 50.2 Å². The van der Waals surface area contributed by atoms with Crippen LogP contribution in [0.3, 0.4) is 0 Å². The van der Waals surface area contributed by atoms with Crippen molar-refractivity contribution in [2.45, 2.75) is 48.9 Å². The van der Waals surface area contributed by atoms with E-state index in [1.54, 1.807) is 21.6 Å². The Morgan fingerprint density at radius 1 is 0.769 bits per heavy atom. The van der Waals surface area contributed by atoms with Crippen LogP contribution in [0, 0.1) is 13.8 Å². The van der Waals surface area contributed by atoms with E-state index in [0.717, 1.165) is 25.0 Å². The zero-order valence-corrected chi connectivity index (χ0v) is 16.8. The first-order chi connectivity index (χ1) is 12.7. The molecule has 5 heteroatoms. The van der Waals surface area contributed by atoms with E-state index in [-0.39, 0.29) is 12.4 Å². The van der Waals surface area contributed by atoms with Crippen LogP contribution in [-0.4, -0.2) is 19.8 Å². The largest absolute Gasteiger partial charge is 0.374 e. The maximum Gasteiger partial charge on any atom is 0.184 e. The fourth-order valence-electron chi connectivity index (χ4n) is 3.40. The van der Waals surface area contributed by atoms with Gasteiger partial charge in [0.2, 0.25) is 0 Å². The summed E-state index contributed by atoms with van der Waals surface area (Å²) in [6, 6.07) is 13.2. The third-order valence-electron chi connectivity index (χ3n) is 4.89. The molecule has 0 bridgehead atoms. The molecule has 2 aromatic carbocycles. The van der Waals surface area contributed by atoms with Gasteiger partial charge >= 0.3 is 0 Å². The van der Waals surface area contributed by atoms with E-state index < -0.39 is 0 Å². The molecule has 4 rings (SSSR count). The third-order valence-corrected chi connectivity index (χ3v) is 7.27. The molecule has 0 saturated carbocycles. The minimum Gasteiger partial charge on any atom is -0.374 e. The Bertz CT molecular complexity index is 700. The second-order valence-corrected chi connectivity index (χ2v) is 9.05. The zero-order valence-electron chi connectivity index (χ0n) is 15.2. The molecule has 26 heavy (non-hydrogen) atoms. The van der Waals surface area contributed by atoms with Gasteiger partial charge in [0.15, 0.2) is 6.29 Å². The van der Waals surface area contributed by atoms with Crippen LogP contribution in [0.2, 0.25) is 0 Å². The SMILES string of the molecule is Cc1ccc(SSc2ccc(C)c(C3OCCO3)c2)cc1C1CCCO1. The average molecular weight is 389 g/mol. The number of hydrogen-bond donors (Lipinski definition) is 0. The Morgan fingerprint density at radius 2 is 1.38 bits per heavy atom. The van der Waals surface area contributed by atoms with Gasteiger partial charge in [-0.25, -0.2) is 0 Å². The van der Waals surface area contributed by atoms with Gasteiger partial charge in [-0.05, 0) is 67.6 Å². The summed E-state index contributed by atoms with van der Waals surface area (Å²) in [5.74, 6) is 0. The van der Waals surface area contributed by atoms with Gasteiger partial charge in [-0.3, -0.25) is 0 Å². The molecule has 0 aromatic heterocycles. The quantitative estimate of drug-likeness (QED) is 0.586. The predicted molar refractivity (Wildman–Crippen MR) is 107 cm³/mol. The fourth-order valence-corrected chi connectivity index (χ4v) is 5.39. The highest BCUT2D eigenvalue weighted by Crippen LogP contribution is 2.41. The molecule has 2 fully saturated rings. The fraction of sp³-hybridized carbons (Fsp3) is 0.429. The molecular formula is C21H24O3S2. The van der Waals surface area contributed by atoms with Crippen LogP contribution in [0.25, 0.3) is 0 Å². The summed E-state index contributed by atoms with van der Waals surface area (Å²) in [6.45, 7) is 6.51. The van der Waals surface area contributed by atoms with E-state index in [1.807, 2.05) is 0 Å². The molecule has 0 radical (unpaired) electrons. The van der Waals surface area contributed by atoms with Crippen molar-refractivity contribution >= 4 is 21.6 Å². The van der Waals surface area contributed by atoms with E-state index >= 15 is 0 Å². The van der Waals surface area contributed by atoms with Crippen LogP contribution in [0.1, 0.15) is 47.5 Å². The molecule has 2 aromatic rings. The monoisotopic (exact) mass is 388 g/mol. The Labute approximate surface area is 163 Å². The molecule has 2 aliphatic rings. The molecule has 0 amide bonds. The van der Waals surface area contributed by atoms with Gasteiger partial charge in [-0.1, -0.05) is 33.7 Å². The predicted octanol–water partition coefficient (Wildman–Crippen LogP) is 6.00. The minimum absolute atomic E-state index is 0.217. The summed E-state index contributed by atoms with van der Waals surface area (Å²) < 4.78 is 17.2. The molecule has 2 aliphatic heterocycles. The number of ether oxygens (including phenoxy) is 3. The van der Waals surface area contributed by atoms with Crippen LogP contribution in [0.15, 0.2) is 46.2 Å². The van der Waals surface area contributed by atoms with Crippen LogP contribution < -0.4 is 0 Å². The Kier molecular flexibility index (Phi) is 5.91. The Hall–Kier alpha value is -0.980. The maximum absolute atomic E-state index is 5.88. The van der Waals surface area contributed by atoms with Crippen molar-refractivity contribution in [3.05, 3.63) is 58.7 Å². The topological polar surface area (TPSA) is 27.7 Å². The van der Waals surface area contributed by atoms with Gasteiger partial charge < -0.3 is 14.2 Å². The molecular weight excluding hydrogens is 364 g/mol. The summed E-state index contributed by atoms with van der Waals surface area (Å²) in [6.07, 6.45) is 2.34. The van der Waals surface area contributed by atoms with Crippen molar-refractivity contribution in [2.24, 2.45) is 0 Å². The molecule has 2 heterocycles. The minimum atomic E-state index is -0.217. The molecule has 2 saturated heterocycles. The number of hydrogen-bond acceptors (Lipinski definition) is 5. The second-order valence-electron chi connectivity index (χ2n) is 6.78.